The van der Waals surface area contributed by atoms with Crippen molar-refractivity contribution in [3.8, 4) is 11.5 Å². The van der Waals surface area contributed by atoms with E-state index in [0.717, 1.165) is 0 Å². The summed E-state index contributed by atoms with van der Waals surface area (Å²) >= 11 is 0. The van der Waals surface area contributed by atoms with Crippen molar-refractivity contribution in [3.05, 3.63) is 18.2 Å². The van der Waals surface area contributed by atoms with Crippen LogP contribution in [0.4, 0.5) is 14.5 Å². The molecule has 0 aliphatic rings. The molecule has 0 aromatic heterocycles. The lowest BCUT2D eigenvalue weighted by Gasteiger charge is -2.14. The molecule has 6 nitrogen and oxygen atoms in total. The first-order valence-corrected chi connectivity index (χ1v) is 5.66. The van der Waals surface area contributed by atoms with Crippen LogP contribution in [0.3, 0.4) is 0 Å². The second-order valence-corrected chi connectivity index (χ2v) is 3.80. The number of rotatable bonds is 7. The number of alkyl halides is 2. The van der Waals surface area contributed by atoms with E-state index in [0.29, 0.717) is 0 Å². The summed E-state index contributed by atoms with van der Waals surface area (Å²) in [5.41, 5.74) is 5.80. The lowest BCUT2D eigenvalue weighted by Crippen LogP contribution is -2.39. The van der Waals surface area contributed by atoms with Crippen LogP contribution in [0.25, 0.3) is 0 Å². The number of halogens is 2. The van der Waals surface area contributed by atoms with Crippen LogP contribution in [-0.4, -0.2) is 39.4 Å². The molecule has 0 aliphatic carbocycles. The molecule has 0 radical (unpaired) electrons. The maximum absolute atomic E-state index is 12.3. The summed E-state index contributed by atoms with van der Waals surface area (Å²) in [6.07, 6.45) is 0. The Morgan fingerprint density at radius 1 is 1.35 bits per heavy atom. The van der Waals surface area contributed by atoms with Gasteiger partial charge in [0.2, 0.25) is 5.91 Å². The number of hydrogen-bond donors (Lipinski definition) is 2. The molecule has 1 atom stereocenters. The van der Waals surface area contributed by atoms with Crippen molar-refractivity contribution in [1.82, 2.24) is 0 Å². The molecule has 0 spiro atoms. The van der Waals surface area contributed by atoms with Crippen molar-refractivity contribution >= 4 is 11.6 Å². The predicted molar refractivity (Wildman–Crippen MR) is 68.1 cm³/mol. The fourth-order valence-corrected chi connectivity index (χ4v) is 1.43. The van der Waals surface area contributed by atoms with E-state index in [4.69, 9.17) is 15.2 Å². The highest BCUT2D eigenvalue weighted by Gasteiger charge is 2.15. The van der Waals surface area contributed by atoms with Crippen LogP contribution in [0.15, 0.2) is 18.2 Å². The van der Waals surface area contributed by atoms with E-state index in [1.807, 2.05) is 0 Å². The van der Waals surface area contributed by atoms with Crippen molar-refractivity contribution in [2.75, 3.05) is 26.1 Å². The van der Waals surface area contributed by atoms with Gasteiger partial charge >= 0.3 is 6.61 Å². The van der Waals surface area contributed by atoms with Crippen LogP contribution < -0.4 is 20.5 Å². The molecule has 8 heteroatoms. The molecule has 0 heterocycles. The number of nitrogens with two attached hydrogens (primary N) is 1. The number of carbonyl (C=O) groups excluding carboxylic acids is 1. The summed E-state index contributed by atoms with van der Waals surface area (Å²) in [6, 6.07) is 3.24. The summed E-state index contributed by atoms with van der Waals surface area (Å²) in [6.45, 7) is -2.95. The molecule has 1 aromatic carbocycles. The average molecular weight is 290 g/mol. The molecule has 112 valence electrons. The number of nitrogens with one attached hydrogen (secondary N) is 1. The quantitative estimate of drug-likeness (QED) is 0.788. The highest BCUT2D eigenvalue weighted by molar-refractivity contribution is 5.95. The summed E-state index contributed by atoms with van der Waals surface area (Å²) in [4.78, 5) is 11.7. The first-order chi connectivity index (χ1) is 9.47. The van der Waals surface area contributed by atoms with Gasteiger partial charge in [-0.25, -0.2) is 0 Å². The van der Waals surface area contributed by atoms with Gasteiger partial charge in [0.15, 0.2) is 11.5 Å². The van der Waals surface area contributed by atoms with E-state index >= 15 is 0 Å². The number of benzene rings is 1. The van der Waals surface area contributed by atoms with Crippen LogP contribution in [-0.2, 0) is 9.53 Å². The number of ether oxygens (including phenoxy) is 3. The Kier molecular flexibility index (Phi) is 6.13. The second kappa shape index (κ2) is 7.61. The van der Waals surface area contributed by atoms with E-state index in [1.54, 1.807) is 0 Å². The van der Waals surface area contributed by atoms with Crippen molar-refractivity contribution in [3.63, 3.8) is 0 Å². The summed E-state index contributed by atoms with van der Waals surface area (Å²) in [7, 11) is 2.73. The molecule has 1 rings (SSSR count). The smallest absolute Gasteiger partial charge is 0.387 e. The number of hydrogen-bond acceptors (Lipinski definition) is 5. The number of amides is 1. The van der Waals surface area contributed by atoms with Gasteiger partial charge < -0.3 is 25.3 Å². The Labute approximate surface area is 114 Å². The van der Waals surface area contributed by atoms with Gasteiger partial charge in [0.1, 0.15) is 6.04 Å². The molecule has 0 fully saturated rings. The zero-order valence-electron chi connectivity index (χ0n) is 11.1. The normalized spacial score (nSPS) is 12.1. The van der Waals surface area contributed by atoms with E-state index in [-0.39, 0.29) is 23.8 Å². The molecule has 0 aliphatic heterocycles. The minimum Gasteiger partial charge on any atom is -0.493 e. The Morgan fingerprint density at radius 3 is 2.60 bits per heavy atom. The number of anilines is 1. The van der Waals surface area contributed by atoms with E-state index in [2.05, 4.69) is 10.1 Å². The maximum atomic E-state index is 12.3. The van der Waals surface area contributed by atoms with Crippen molar-refractivity contribution in [2.24, 2.45) is 5.73 Å². The lowest BCUT2D eigenvalue weighted by molar-refractivity contribution is -0.118. The van der Waals surface area contributed by atoms with Gasteiger partial charge in [0.05, 0.1) is 13.7 Å². The number of methoxy groups -OCH3 is 2. The van der Waals surface area contributed by atoms with Crippen molar-refractivity contribution in [2.45, 2.75) is 12.7 Å². The topological polar surface area (TPSA) is 82.8 Å². The Hall–Kier alpha value is -1.93. The van der Waals surface area contributed by atoms with Crippen LogP contribution in [0.5, 0.6) is 11.5 Å². The van der Waals surface area contributed by atoms with E-state index in [9.17, 15) is 13.6 Å². The first-order valence-electron chi connectivity index (χ1n) is 5.66. The first kappa shape index (κ1) is 16.1. The zero-order valence-corrected chi connectivity index (χ0v) is 11.1. The monoisotopic (exact) mass is 290 g/mol. The van der Waals surface area contributed by atoms with Crippen LogP contribution in [0.1, 0.15) is 0 Å². The molecule has 0 saturated heterocycles. The van der Waals surface area contributed by atoms with Crippen LogP contribution >= 0.6 is 0 Å². The lowest BCUT2D eigenvalue weighted by atomic mass is 10.2. The van der Waals surface area contributed by atoms with Crippen molar-refractivity contribution in [1.29, 1.82) is 0 Å². The molecule has 1 unspecified atom stereocenters. The third-order valence-corrected chi connectivity index (χ3v) is 2.33. The van der Waals surface area contributed by atoms with Gasteiger partial charge in [-0.2, -0.15) is 8.78 Å². The third-order valence-electron chi connectivity index (χ3n) is 2.33. The zero-order chi connectivity index (χ0) is 15.1. The van der Waals surface area contributed by atoms with Gasteiger partial charge in [-0.05, 0) is 12.1 Å². The molecular formula is C12H16F2N2O4. The fraction of sp³-hybridized carbons (Fsp3) is 0.417. The standard InChI is InChI=1S/C12H16F2N2O4/c1-18-6-8(15)11(17)16-7-3-4-9(19-2)10(5-7)20-12(13)14/h3-5,8,12H,6,15H2,1-2H3,(H,16,17). The van der Waals surface area contributed by atoms with Crippen LogP contribution in [0, 0.1) is 0 Å². The third kappa shape index (κ3) is 4.63. The van der Waals surface area contributed by atoms with Crippen molar-refractivity contribution < 1.29 is 27.8 Å². The SMILES string of the molecule is COCC(N)C(=O)Nc1ccc(OC)c(OC(F)F)c1. The molecule has 0 saturated carbocycles. The predicted octanol–water partition coefficient (Wildman–Crippen LogP) is 1.21. The summed E-state index contributed by atoms with van der Waals surface area (Å²) < 4.78 is 38.4. The van der Waals surface area contributed by atoms with Gasteiger partial charge in [0.25, 0.3) is 0 Å². The molecular weight excluding hydrogens is 274 g/mol. The summed E-state index contributed by atoms with van der Waals surface area (Å²) in [5, 5.41) is 2.47. The largest absolute Gasteiger partial charge is 0.493 e. The highest BCUT2D eigenvalue weighted by Crippen LogP contribution is 2.31. The molecule has 1 amide bonds. The van der Waals surface area contributed by atoms with Gasteiger partial charge in [0, 0.05) is 18.9 Å². The minimum atomic E-state index is -2.99. The summed E-state index contributed by atoms with van der Waals surface area (Å²) in [5.74, 6) is -0.551. The minimum absolute atomic E-state index is 0.0440. The molecule has 20 heavy (non-hydrogen) atoms. The van der Waals surface area contributed by atoms with Gasteiger partial charge in [-0.15, -0.1) is 0 Å². The average Bonchev–Trinajstić information content (AvgIpc) is 2.38. The van der Waals surface area contributed by atoms with Crippen LogP contribution in [0.2, 0.25) is 0 Å². The highest BCUT2D eigenvalue weighted by atomic mass is 19.3. The molecule has 3 N–H and O–H groups in total. The molecule has 1 aromatic rings. The maximum Gasteiger partial charge on any atom is 0.387 e. The Balaban J connectivity index is 2.83. The fourth-order valence-electron chi connectivity index (χ4n) is 1.43. The number of carbonyl (C=O) groups is 1. The van der Waals surface area contributed by atoms with E-state index < -0.39 is 18.6 Å². The Morgan fingerprint density at radius 2 is 2.05 bits per heavy atom. The Bertz CT molecular complexity index is 457. The molecule has 0 bridgehead atoms. The van der Waals surface area contributed by atoms with Gasteiger partial charge in [-0.1, -0.05) is 0 Å². The van der Waals surface area contributed by atoms with E-state index in [1.165, 1.54) is 32.4 Å². The second-order valence-electron chi connectivity index (χ2n) is 3.80. The van der Waals surface area contributed by atoms with Gasteiger partial charge in [-0.3, -0.25) is 4.79 Å².